The van der Waals surface area contributed by atoms with Crippen LogP contribution in [0.15, 0.2) is 23.2 Å². The highest BCUT2D eigenvalue weighted by Gasteiger charge is 2.39. The number of rotatable bonds is 3. The number of nitrogens with two attached hydrogens (primary N) is 1. The molecule has 116 valence electrons. The molecule has 1 aromatic carbocycles. The first-order valence-electron chi connectivity index (χ1n) is 7.14. The molecule has 0 heterocycles. The van der Waals surface area contributed by atoms with Gasteiger partial charge >= 0.3 is 0 Å². The molecule has 0 amide bonds. The van der Waals surface area contributed by atoms with Gasteiger partial charge in [-0.3, -0.25) is 4.99 Å². The standard InChI is InChI=1S/C15H19F2N3.HI/c16-12-3-4-13(17)14(7-12)20-15(18)19-8-11-6-9-1-2-10(11)5-9;/h3-4,7,9-11H,1-2,5-6,8H2,(H3,18,19,20);1H. The zero-order valence-corrected chi connectivity index (χ0v) is 14.0. The number of hydrogen-bond acceptors (Lipinski definition) is 1. The monoisotopic (exact) mass is 407 g/mol. The van der Waals surface area contributed by atoms with Gasteiger partial charge in [0.05, 0.1) is 5.69 Å². The molecule has 0 saturated heterocycles. The van der Waals surface area contributed by atoms with Crippen LogP contribution in [0.3, 0.4) is 0 Å². The van der Waals surface area contributed by atoms with Crippen molar-refractivity contribution in [2.45, 2.75) is 25.7 Å². The molecule has 3 nitrogen and oxygen atoms in total. The molecular formula is C15H20F2IN3. The lowest BCUT2D eigenvalue weighted by atomic mass is 9.89. The van der Waals surface area contributed by atoms with Crippen LogP contribution >= 0.6 is 24.0 Å². The van der Waals surface area contributed by atoms with Gasteiger partial charge in [-0.2, -0.15) is 0 Å². The Balaban J connectivity index is 0.00000161. The van der Waals surface area contributed by atoms with E-state index >= 15 is 0 Å². The maximum absolute atomic E-state index is 13.5. The third-order valence-electron chi connectivity index (χ3n) is 4.57. The number of benzene rings is 1. The van der Waals surface area contributed by atoms with Gasteiger partial charge in [0, 0.05) is 12.6 Å². The lowest BCUT2D eigenvalue weighted by molar-refractivity contribution is 0.342. The molecule has 3 rings (SSSR count). The van der Waals surface area contributed by atoms with Gasteiger partial charge in [0.25, 0.3) is 0 Å². The summed E-state index contributed by atoms with van der Waals surface area (Å²) in [5.41, 5.74) is 5.78. The molecule has 0 radical (unpaired) electrons. The third-order valence-corrected chi connectivity index (χ3v) is 4.57. The number of hydrogen-bond donors (Lipinski definition) is 2. The van der Waals surface area contributed by atoms with Crippen LogP contribution in [0.2, 0.25) is 0 Å². The summed E-state index contributed by atoms with van der Waals surface area (Å²) in [7, 11) is 0. The van der Waals surface area contributed by atoms with Crippen LogP contribution in [0, 0.1) is 29.4 Å². The van der Waals surface area contributed by atoms with E-state index in [4.69, 9.17) is 5.73 Å². The minimum absolute atomic E-state index is 0. The van der Waals surface area contributed by atoms with Crippen molar-refractivity contribution in [3.8, 4) is 0 Å². The van der Waals surface area contributed by atoms with E-state index < -0.39 is 11.6 Å². The zero-order valence-electron chi connectivity index (χ0n) is 11.7. The molecule has 2 fully saturated rings. The summed E-state index contributed by atoms with van der Waals surface area (Å²) in [5, 5.41) is 2.63. The van der Waals surface area contributed by atoms with Crippen molar-refractivity contribution in [2.75, 3.05) is 11.9 Å². The van der Waals surface area contributed by atoms with Crippen molar-refractivity contribution >= 4 is 35.6 Å². The summed E-state index contributed by atoms with van der Waals surface area (Å²) >= 11 is 0. The van der Waals surface area contributed by atoms with Crippen molar-refractivity contribution in [2.24, 2.45) is 28.5 Å². The van der Waals surface area contributed by atoms with E-state index in [1.54, 1.807) is 0 Å². The average molecular weight is 407 g/mol. The van der Waals surface area contributed by atoms with Gasteiger partial charge in [0.1, 0.15) is 11.6 Å². The molecule has 2 aliphatic carbocycles. The molecule has 3 atom stereocenters. The van der Waals surface area contributed by atoms with Gasteiger partial charge < -0.3 is 11.1 Å². The lowest BCUT2D eigenvalue weighted by Gasteiger charge is -2.19. The highest BCUT2D eigenvalue weighted by Crippen LogP contribution is 2.48. The Bertz CT molecular complexity index is 536. The van der Waals surface area contributed by atoms with Crippen molar-refractivity contribution in [1.29, 1.82) is 0 Å². The first-order valence-corrected chi connectivity index (χ1v) is 7.14. The third kappa shape index (κ3) is 3.84. The predicted octanol–water partition coefficient (Wildman–Crippen LogP) is 3.75. The normalized spacial score (nSPS) is 27.5. The van der Waals surface area contributed by atoms with E-state index in [0.29, 0.717) is 12.5 Å². The first-order chi connectivity index (χ1) is 9.61. The molecule has 2 bridgehead atoms. The van der Waals surface area contributed by atoms with Gasteiger partial charge in [-0.05, 0) is 49.1 Å². The number of fused-ring (bicyclic) bond motifs is 2. The molecule has 3 N–H and O–H groups in total. The maximum Gasteiger partial charge on any atom is 0.193 e. The quantitative estimate of drug-likeness (QED) is 0.456. The lowest BCUT2D eigenvalue weighted by Crippen LogP contribution is -2.25. The summed E-state index contributed by atoms with van der Waals surface area (Å²) in [6.45, 7) is 0.678. The summed E-state index contributed by atoms with van der Waals surface area (Å²) in [6.07, 6.45) is 5.21. The van der Waals surface area contributed by atoms with Crippen molar-refractivity contribution in [3.63, 3.8) is 0 Å². The van der Waals surface area contributed by atoms with Crippen LogP contribution in [0.4, 0.5) is 14.5 Å². The van der Waals surface area contributed by atoms with Gasteiger partial charge in [0.15, 0.2) is 5.96 Å². The smallest absolute Gasteiger partial charge is 0.193 e. The first kappa shape index (κ1) is 16.5. The van der Waals surface area contributed by atoms with Gasteiger partial charge in [-0.25, -0.2) is 8.78 Å². The summed E-state index contributed by atoms with van der Waals surface area (Å²) in [5.74, 6) is 1.36. The highest BCUT2D eigenvalue weighted by atomic mass is 127. The Labute approximate surface area is 140 Å². The van der Waals surface area contributed by atoms with E-state index in [0.717, 1.165) is 30.0 Å². The number of anilines is 1. The van der Waals surface area contributed by atoms with Crippen LogP contribution in [0.25, 0.3) is 0 Å². The molecule has 0 spiro atoms. The average Bonchev–Trinajstić information content (AvgIpc) is 3.03. The van der Waals surface area contributed by atoms with Crippen molar-refractivity contribution < 1.29 is 8.78 Å². The van der Waals surface area contributed by atoms with E-state index in [-0.39, 0.29) is 35.6 Å². The Morgan fingerprint density at radius 2 is 2.10 bits per heavy atom. The fourth-order valence-corrected chi connectivity index (χ4v) is 3.59. The second kappa shape index (κ2) is 6.89. The molecular weight excluding hydrogens is 387 g/mol. The van der Waals surface area contributed by atoms with Gasteiger partial charge in [0.2, 0.25) is 0 Å². The molecule has 2 saturated carbocycles. The summed E-state index contributed by atoms with van der Waals surface area (Å²) in [6, 6.07) is 3.22. The topological polar surface area (TPSA) is 50.4 Å². The Kier molecular flexibility index (Phi) is 5.40. The van der Waals surface area contributed by atoms with Crippen LogP contribution in [0.1, 0.15) is 25.7 Å². The second-order valence-corrected chi connectivity index (χ2v) is 5.91. The molecule has 3 unspecified atom stereocenters. The number of halogens is 3. The van der Waals surface area contributed by atoms with Gasteiger partial charge in [-0.1, -0.05) is 6.42 Å². The van der Waals surface area contributed by atoms with Crippen LogP contribution < -0.4 is 11.1 Å². The van der Waals surface area contributed by atoms with Crippen molar-refractivity contribution in [1.82, 2.24) is 0 Å². The van der Waals surface area contributed by atoms with Crippen LogP contribution in [0.5, 0.6) is 0 Å². The highest BCUT2D eigenvalue weighted by molar-refractivity contribution is 14.0. The Morgan fingerprint density at radius 3 is 2.76 bits per heavy atom. The number of nitrogens with one attached hydrogen (secondary N) is 1. The van der Waals surface area contributed by atoms with Crippen LogP contribution in [-0.2, 0) is 0 Å². The number of nitrogens with zero attached hydrogens (tertiary/aromatic N) is 1. The van der Waals surface area contributed by atoms with E-state index in [1.807, 2.05) is 0 Å². The molecule has 0 aromatic heterocycles. The zero-order chi connectivity index (χ0) is 14.1. The molecule has 6 heteroatoms. The predicted molar refractivity (Wildman–Crippen MR) is 90.8 cm³/mol. The van der Waals surface area contributed by atoms with Crippen molar-refractivity contribution in [3.05, 3.63) is 29.8 Å². The van der Waals surface area contributed by atoms with E-state index in [1.165, 1.54) is 25.7 Å². The summed E-state index contributed by atoms with van der Waals surface area (Å²) < 4.78 is 26.5. The molecule has 2 aliphatic rings. The Morgan fingerprint density at radius 1 is 1.29 bits per heavy atom. The number of guanidine groups is 1. The minimum Gasteiger partial charge on any atom is -0.370 e. The Hall–Kier alpha value is -0.920. The minimum atomic E-state index is -0.538. The largest absolute Gasteiger partial charge is 0.370 e. The second-order valence-electron chi connectivity index (χ2n) is 5.91. The number of aliphatic imine (C=N–C) groups is 1. The summed E-state index contributed by atoms with van der Waals surface area (Å²) in [4.78, 5) is 4.29. The SMILES string of the molecule is I.NC(=NCC1CC2CCC1C2)Nc1cc(F)ccc1F. The van der Waals surface area contributed by atoms with E-state index in [2.05, 4.69) is 10.3 Å². The maximum atomic E-state index is 13.5. The molecule has 21 heavy (non-hydrogen) atoms. The molecule has 1 aromatic rings. The van der Waals surface area contributed by atoms with E-state index in [9.17, 15) is 8.78 Å². The fourth-order valence-electron chi connectivity index (χ4n) is 3.59. The molecule has 0 aliphatic heterocycles. The fraction of sp³-hybridized carbons (Fsp3) is 0.533. The van der Waals surface area contributed by atoms with Gasteiger partial charge in [-0.15, -0.1) is 24.0 Å². The van der Waals surface area contributed by atoms with Crippen LogP contribution in [-0.4, -0.2) is 12.5 Å².